The number of aromatic nitrogens is 3. The highest BCUT2D eigenvalue weighted by molar-refractivity contribution is 6.30. The molecule has 0 radical (unpaired) electrons. The summed E-state index contributed by atoms with van der Waals surface area (Å²) in [5, 5.41) is 12.9. The van der Waals surface area contributed by atoms with Gasteiger partial charge in [0.2, 0.25) is 0 Å². The van der Waals surface area contributed by atoms with E-state index in [1.807, 2.05) is 20.0 Å². The summed E-state index contributed by atoms with van der Waals surface area (Å²) in [5.74, 6) is 1.42. The maximum absolute atomic E-state index is 6.54. The molecule has 1 aromatic carbocycles. The highest BCUT2D eigenvalue weighted by Gasteiger charge is 2.26. The molecule has 4 rings (SSSR count). The molecular weight excluding hydrogens is 374 g/mol. The Balaban J connectivity index is 1.35. The highest BCUT2D eigenvalue weighted by Crippen LogP contribution is 2.30. The van der Waals surface area contributed by atoms with Gasteiger partial charge in [0.25, 0.3) is 0 Å². The zero-order chi connectivity index (χ0) is 19.5. The van der Waals surface area contributed by atoms with Crippen LogP contribution in [0.5, 0.6) is 0 Å². The standard InChI is InChI=1S/C21H26ClN5O/c1-15-10-19(25-28-15)20-18(21(22)26(2)24-20)14-27-9-8-17(13-27)12-23-11-16-6-4-3-5-7-16/h3-7,10,17,23H,8-9,11-14H2,1-2H3. The fourth-order valence-electron chi connectivity index (χ4n) is 3.83. The van der Waals surface area contributed by atoms with Gasteiger partial charge in [-0.3, -0.25) is 9.58 Å². The second kappa shape index (κ2) is 8.47. The molecule has 1 unspecified atom stereocenters. The monoisotopic (exact) mass is 399 g/mol. The first-order chi connectivity index (χ1) is 13.6. The molecule has 1 aliphatic rings. The molecule has 3 aromatic rings. The van der Waals surface area contributed by atoms with Crippen molar-refractivity contribution in [1.82, 2.24) is 25.2 Å². The first-order valence-corrected chi connectivity index (χ1v) is 10.1. The fourth-order valence-corrected chi connectivity index (χ4v) is 4.02. The summed E-state index contributed by atoms with van der Waals surface area (Å²) < 4.78 is 6.94. The summed E-state index contributed by atoms with van der Waals surface area (Å²) in [5.41, 5.74) is 3.91. The normalized spacial score (nSPS) is 17.5. The van der Waals surface area contributed by atoms with E-state index in [1.54, 1.807) is 4.68 Å². The van der Waals surface area contributed by atoms with E-state index in [-0.39, 0.29) is 0 Å². The molecule has 0 amide bonds. The topological polar surface area (TPSA) is 59.1 Å². The largest absolute Gasteiger partial charge is 0.361 e. The lowest BCUT2D eigenvalue weighted by molar-refractivity contribution is 0.314. The average molecular weight is 400 g/mol. The molecule has 0 aliphatic carbocycles. The molecule has 6 nitrogen and oxygen atoms in total. The Bertz CT molecular complexity index is 920. The Morgan fingerprint density at radius 2 is 2.11 bits per heavy atom. The SMILES string of the molecule is Cc1cc(-c2nn(C)c(Cl)c2CN2CCC(CNCc3ccccc3)C2)no1. The van der Waals surface area contributed by atoms with Crippen molar-refractivity contribution in [1.29, 1.82) is 0 Å². The van der Waals surface area contributed by atoms with E-state index in [9.17, 15) is 0 Å². The molecule has 0 bridgehead atoms. The van der Waals surface area contributed by atoms with Crippen molar-refractivity contribution in [2.45, 2.75) is 26.4 Å². The third-order valence-corrected chi connectivity index (χ3v) is 5.77. The Morgan fingerprint density at radius 3 is 2.86 bits per heavy atom. The quantitative estimate of drug-likeness (QED) is 0.657. The van der Waals surface area contributed by atoms with Crippen molar-refractivity contribution >= 4 is 11.6 Å². The van der Waals surface area contributed by atoms with Crippen molar-refractivity contribution in [3.63, 3.8) is 0 Å². The predicted octanol–water partition coefficient (Wildman–Crippen LogP) is 3.65. The molecule has 0 saturated carbocycles. The van der Waals surface area contributed by atoms with Crippen molar-refractivity contribution in [3.05, 3.63) is 58.4 Å². The van der Waals surface area contributed by atoms with Gasteiger partial charge < -0.3 is 9.84 Å². The van der Waals surface area contributed by atoms with Gasteiger partial charge in [-0.15, -0.1) is 0 Å². The lowest BCUT2D eigenvalue weighted by atomic mass is 10.1. The summed E-state index contributed by atoms with van der Waals surface area (Å²) >= 11 is 6.54. The molecule has 2 aromatic heterocycles. The van der Waals surface area contributed by atoms with Crippen LogP contribution in [0.4, 0.5) is 0 Å². The van der Waals surface area contributed by atoms with Gasteiger partial charge in [0.1, 0.15) is 22.3 Å². The summed E-state index contributed by atoms with van der Waals surface area (Å²) in [4.78, 5) is 2.45. The van der Waals surface area contributed by atoms with Crippen molar-refractivity contribution in [3.8, 4) is 11.4 Å². The molecule has 1 N–H and O–H groups in total. The number of nitrogens with one attached hydrogen (secondary N) is 1. The van der Waals surface area contributed by atoms with Crippen LogP contribution in [-0.2, 0) is 20.1 Å². The first-order valence-electron chi connectivity index (χ1n) is 9.72. The van der Waals surface area contributed by atoms with E-state index in [4.69, 9.17) is 16.1 Å². The van der Waals surface area contributed by atoms with Crippen LogP contribution in [0.25, 0.3) is 11.4 Å². The van der Waals surface area contributed by atoms with E-state index in [0.29, 0.717) is 11.1 Å². The molecule has 3 heterocycles. The molecule has 1 aliphatic heterocycles. The summed E-state index contributed by atoms with van der Waals surface area (Å²) in [6.45, 7) is 6.74. The highest BCUT2D eigenvalue weighted by atomic mass is 35.5. The van der Waals surface area contributed by atoms with Crippen LogP contribution in [0.2, 0.25) is 5.15 Å². The van der Waals surface area contributed by atoms with Gasteiger partial charge >= 0.3 is 0 Å². The second-order valence-corrected chi connectivity index (χ2v) is 7.93. The van der Waals surface area contributed by atoms with Crippen LogP contribution in [0.1, 0.15) is 23.3 Å². The maximum Gasteiger partial charge on any atom is 0.134 e. The van der Waals surface area contributed by atoms with E-state index in [1.165, 1.54) is 12.0 Å². The smallest absolute Gasteiger partial charge is 0.134 e. The number of aryl methyl sites for hydroxylation is 2. The van der Waals surface area contributed by atoms with Crippen molar-refractivity contribution in [2.75, 3.05) is 19.6 Å². The van der Waals surface area contributed by atoms with Gasteiger partial charge in [-0.25, -0.2) is 0 Å². The van der Waals surface area contributed by atoms with Gasteiger partial charge in [0.05, 0.1) is 0 Å². The summed E-state index contributed by atoms with van der Waals surface area (Å²) in [6.07, 6.45) is 1.19. The van der Waals surface area contributed by atoms with Crippen LogP contribution >= 0.6 is 11.6 Å². The number of hydrogen-bond acceptors (Lipinski definition) is 5. The molecule has 7 heteroatoms. The zero-order valence-electron chi connectivity index (χ0n) is 16.4. The van der Waals surface area contributed by atoms with Crippen LogP contribution in [0, 0.1) is 12.8 Å². The Morgan fingerprint density at radius 1 is 1.29 bits per heavy atom. The number of likely N-dealkylation sites (tertiary alicyclic amines) is 1. The van der Waals surface area contributed by atoms with E-state index < -0.39 is 0 Å². The van der Waals surface area contributed by atoms with Crippen LogP contribution < -0.4 is 5.32 Å². The van der Waals surface area contributed by atoms with E-state index in [2.05, 4.69) is 50.8 Å². The lowest BCUT2D eigenvalue weighted by Crippen LogP contribution is -2.26. The Kier molecular flexibility index (Phi) is 5.80. The minimum atomic E-state index is 0.650. The maximum atomic E-state index is 6.54. The van der Waals surface area contributed by atoms with Gasteiger partial charge in [0.15, 0.2) is 0 Å². The van der Waals surface area contributed by atoms with Gasteiger partial charge in [0, 0.05) is 38.3 Å². The summed E-state index contributed by atoms with van der Waals surface area (Å²) in [6, 6.07) is 12.4. The summed E-state index contributed by atoms with van der Waals surface area (Å²) in [7, 11) is 1.86. The molecule has 0 spiro atoms. The molecule has 28 heavy (non-hydrogen) atoms. The van der Waals surface area contributed by atoms with Crippen molar-refractivity contribution in [2.24, 2.45) is 13.0 Å². The Hall–Kier alpha value is -2.15. The number of hydrogen-bond donors (Lipinski definition) is 1. The van der Waals surface area contributed by atoms with Gasteiger partial charge in [-0.1, -0.05) is 47.1 Å². The first kappa shape index (κ1) is 19.2. The minimum Gasteiger partial charge on any atom is -0.361 e. The van der Waals surface area contributed by atoms with Gasteiger partial charge in [-0.05, 0) is 37.9 Å². The Labute approximate surface area is 170 Å². The molecular formula is C21H26ClN5O. The molecule has 1 fully saturated rings. The number of nitrogens with zero attached hydrogens (tertiary/aromatic N) is 4. The lowest BCUT2D eigenvalue weighted by Gasteiger charge is -2.16. The molecule has 1 atom stereocenters. The number of halogens is 1. The fraction of sp³-hybridized carbons (Fsp3) is 0.429. The zero-order valence-corrected chi connectivity index (χ0v) is 17.1. The average Bonchev–Trinajstić information content (AvgIpc) is 3.39. The van der Waals surface area contributed by atoms with Crippen LogP contribution in [-0.4, -0.2) is 39.5 Å². The number of benzene rings is 1. The molecule has 148 valence electrons. The number of rotatable bonds is 7. The van der Waals surface area contributed by atoms with Crippen LogP contribution in [0.15, 0.2) is 40.9 Å². The predicted molar refractivity (Wildman–Crippen MR) is 110 cm³/mol. The second-order valence-electron chi connectivity index (χ2n) is 7.57. The third-order valence-electron chi connectivity index (χ3n) is 5.30. The van der Waals surface area contributed by atoms with Crippen LogP contribution in [0.3, 0.4) is 0 Å². The third kappa shape index (κ3) is 4.29. The minimum absolute atomic E-state index is 0.650. The van der Waals surface area contributed by atoms with E-state index >= 15 is 0 Å². The molecule has 1 saturated heterocycles. The van der Waals surface area contributed by atoms with Crippen molar-refractivity contribution < 1.29 is 4.52 Å². The van der Waals surface area contributed by atoms with Gasteiger partial charge in [-0.2, -0.15) is 5.10 Å². The van der Waals surface area contributed by atoms with E-state index in [0.717, 1.165) is 55.4 Å².